The van der Waals surface area contributed by atoms with E-state index in [2.05, 4.69) is 4.98 Å². The van der Waals surface area contributed by atoms with E-state index in [1.165, 1.54) is 0 Å². The third-order valence-corrected chi connectivity index (χ3v) is 3.94. The lowest BCUT2D eigenvalue weighted by Gasteiger charge is -2.13. The van der Waals surface area contributed by atoms with Crippen molar-refractivity contribution in [3.63, 3.8) is 0 Å². The second kappa shape index (κ2) is 7.38. The largest absolute Gasteiger partial charge is 0.489 e. The van der Waals surface area contributed by atoms with Gasteiger partial charge in [0.05, 0.1) is 0 Å². The van der Waals surface area contributed by atoms with E-state index in [9.17, 15) is 23.2 Å². The Morgan fingerprint density at radius 2 is 1.74 bits per heavy atom. The summed E-state index contributed by atoms with van der Waals surface area (Å²) in [5, 5.41) is 9.32. The molecule has 27 heavy (non-hydrogen) atoms. The van der Waals surface area contributed by atoms with Crippen molar-refractivity contribution in [1.29, 1.82) is 5.26 Å². The fourth-order valence-electron chi connectivity index (χ4n) is 2.70. The van der Waals surface area contributed by atoms with E-state index in [0.29, 0.717) is 22.4 Å². The fourth-order valence-corrected chi connectivity index (χ4v) is 2.70. The van der Waals surface area contributed by atoms with E-state index >= 15 is 0 Å². The summed E-state index contributed by atoms with van der Waals surface area (Å²) in [7, 11) is 0. The first-order valence-corrected chi connectivity index (χ1v) is 7.90. The molecule has 0 radical (unpaired) electrons. The van der Waals surface area contributed by atoms with Gasteiger partial charge in [0, 0.05) is 23.4 Å². The van der Waals surface area contributed by atoms with Crippen molar-refractivity contribution in [2.24, 2.45) is 0 Å². The molecule has 0 spiro atoms. The van der Waals surface area contributed by atoms with Gasteiger partial charge in [-0.05, 0) is 24.1 Å². The molecule has 0 saturated carbocycles. The molecule has 7 heteroatoms. The number of hydrogen-bond acceptors (Lipinski definition) is 3. The van der Waals surface area contributed by atoms with Crippen LogP contribution in [0.25, 0.3) is 11.1 Å². The van der Waals surface area contributed by atoms with Crippen LogP contribution in [0.1, 0.15) is 16.8 Å². The van der Waals surface area contributed by atoms with Gasteiger partial charge >= 0.3 is 0 Å². The Bertz CT molecular complexity index is 1090. The number of ether oxygens (including phenoxy) is 1. The van der Waals surface area contributed by atoms with Crippen molar-refractivity contribution in [3.05, 3.63) is 87.1 Å². The van der Waals surface area contributed by atoms with Crippen LogP contribution in [-0.4, -0.2) is 4.98 Å². The quantitative estimate of drug-likeness (QED) is 0.700. The molecule has 1 heterocycles. The van der Waals surface area contributed by atoms with Crippen LogP contribution in [0.2, 0.25) is 0 Å². The van der Waals surface area contributed by atoms with E-state index in [1.54, 1.807) is 37.3 Å². The zero-order valence-electron chi connectivity index (χ0n) is 14.1. The van der Waals surface area contributed by atoms with Gasteiger partial charge in [0.1, 0.15) is 24.0 Å². The topological polar surface area (TPSA) is 65.9 Å². The van der Waals surface area contributed by atoms with Crippen LogP contribution in [0.5, 0.6) is 5.75 Å². The summed E-state index contributed by atoms with van der Waals surface area (Å²) in [6.07, 6.45) is 0. The fraction of sp³-hybridized carbons (Fsp3) is 0.100. The third-order valence-electron chi connectivity index (χ3n) is 3.94. The van der Waals surface area contributed by atoms with Crippen LogP contribution in [0, 0.1) is 35.7 Å². The van der Waals surface area contributed by atoms with E-state index in [-0.39, 0.29) is 17.9 Å². The molecule has 0 saturated heterocycles. The summed E-state index contributed by atoms with van der Waals surface area (Å²) >= 11 is 0. The van der Waals surface area contributed by atoms with Gasteiger partial charge < -0.3 is 9.72 Å². The molecule has 3 aromatic rings. The molecule has 0 unspecified atom stereocenters. The molecule has 0 atom stereocenters. The van der Waals surface area contributed by atoms with Crippen molar-refractivity contribution in [2.45, 2.75) is 13.5 Å². The summed E-state index contributed by atoms with van der Waals surface area (Å²) in [5.41, 5.74) is 1.61. The average Bonchev–Trinajstić information content (AvgIpc) is 2.64. The predicted molar refractivity (Wildman–Crippen MR) is 92.6 cm³/mol. The first-order chi connectivity index (χ1) is 12.9. The SMILES string of the molecule is Cc1cc(-c2ccccc2COc2cc(F)c(F)c(F)c2)c(C#N)c(=O)[nH]1. The van der Waals surface area contributed by atoms with Crippen LogP contribution >= 0.6 is 0 Å². The first-order valence-electron chi connectivity index (χ1n) is 7.90. The number of hydrogen-bond donors (Lipinski definition) is 1. The van der Waals surface area contributed by atoms with Gasteiger partial charge in [0.15, 0.2) is 17.5 Å². The van der Waals surface area contributed by atoms with Crippen LogP contribution in [-0.2, 0) is 6.61 Å². The molecule has 3 rings (SSSR count). The Hall–Kier alpha value is -3.53. The van der Waals surface area contributed by atoms with Gasteiger partial charge in [0.25, 0.3) is 5.56 Å². The Kier molecular flexibility index (Phi) is 4.99. The van der Waals surface area contributed by atoms with Gasteiger partial charge in [-0.25, -0.2) is 13.2 Å². The Morgan fingerprint density at radius 3 is 2.41 bits per heavy atom. The summed E-state index contributed by atoms with van der Waals surface area (Å²) in [4.78, 5) is 14.6. The molecule has 0 aliphatic carbocycles. The van der Waals surface area contributed by atoms with Crippen molar-refractivity contribution >= 4 is 0 Å². The number of aromatic amines is 1. The summed E-state index contributed by atoms with van der Waals surface area (Å²) in [6.45, 7) is 1.59. The molecule has 0 aliphatic heterocycles. The Balaban J connectivity index is 1.99. The molecule has 0 fully saturated rings. The number of aryl methyl sites for hydroxylation is 1. The van der Waals surface area contributed by atoms with Crippen LogP contribution in [0.3, 0.4) is 0 Å². The molecule has 2 aromatic carbocycles. The maximum absolute atomic E-state index is 13.3. The maximum Gasteiger partial charge on any atom is 0.266 e. The number of H-pyrrole nitrogens is 1. The minimum Gasteiger partial charge on any atom is -0.489 e. The predicted octanol–water partition coefficient (Wildman–Crippen LogP) is 4.22. The van der Waals surface area contributed by atoms with E-state index in [1.807, 2.05) is 6.07 Å². The average molecular weight is 370 g/mol. The Morgan fingerprint density at radius 1 is 1.07 bits per heavy atom. The van der Waals surface area contributed by atoms with Gasteiger partial charge in [-0.15, -0.1) is 0 Å². The highest BCUT2D eigenvalue weighted by atomic mass is 19.2. The molecule has 4 nitrogen and oxygen atoms in total. The zero-order valence-corrected chi connectivity index (χ0v) is 14.1. The van der Waals surface area contributed by atoms with Crippen molar-refractivity contribution < 1.29 is 17.9 Å². The number of benzene rings is 2. The summed E-state index contributed by atoms with van der Waals surface area (Å²) in [6, 6.07) is 11.9. The lowest BCUT2D eigenvalue weighted by atomic mass is 9.96. The highest BCUT2D eigenvalue weighted by Crippen LogP contribution is 2.27. The van der Waals surface area contributed by atoms with Gasteiger partial charge in [-0.3, -0.25) is 4.79 Å². The number of nitriles is 1. The second-order valence-corrected chi connectivity index (χ2v) is 5.83. The first kappa shape index (κ1) is 18.3. The summed E-state index contributed by atoms with van der Waals surface area (Å²) in [5.74, 6) is -4.45. The molecule has 0 amide bonds. The summed E-state index contributed by atoms with van der Waals surface area (Å²) < 4.78 is 45.1. The number of pyridine rings is 1. The van der Waals surface area contributed by atoms with E-state index < -0.39 is 23.0 Å². The van der Waals surface area contributed by atoms with Crippen molar-refractivity contribution in [1.82, 2.24) is 4.98 Å². The lowest BCUT2D eigenvalue weighted by molar-refractivity contribution is 0.300. The highest BCUT2D eigenvalue weighted by molar-refractivity contribution is 5.73. The minimum absolute atomic E-state index is 0.0491. The van der Waals surface area contributed by atoms with E-state index in [0.717, 1.165) is 12.1 Å². The van der Waals surface area contributed by atoms with Gasteiger partial charge in [-0.2, -0.15) is 5.26 Å². The van der Waals surface area contributed by atoms with Crippen molar-refractivity contribution in [2.75, 3.05) is 0 Å². The molecule has 1 aromatic heterocycles. The number of aromatic nitrogens is 1. The molecule has 0 aliphatic rings. The lowest BCUT2D eigenvalue weighted by Crippen LogP contribution is -2.13. The Labute approximate surface area is 152 Å². The van der Waals surface area contributed by atoms with Crippen molar-refractivity contribution in [3.8, 4) is 22.9 Å². The maximum atomic E-state index is 13.3. The number of nitrogens with one attached hydrogen (secondary N) is 1. The minimum atomic E-state index is -1.57. The molecular weight excluding hydrogens is 357 g/mol. The normalized spacial score (nSPS) is 10.5. The second-order valence-electron chi connectivity index (χ2n) is 5.83. The number of halogens is 3. The van der Waals surface area contributed by atoms with E-state index in [4.69, 9.17) is 4.74 Å². The van der Waals surface area contributed by atoms with Gasteiger partial charge in [0.2, 0.25) is 0 Å². The number of rotatable bonds is 4. The smallest absolute Gasteiger partial charge is 0.266 e. The molecular formula is C20H13F3N2O2. The molecule has 1 N–H and O–H groups in total. The zero-order chi connectivity index (χ0) is 19.6. The van der Waals surface area contributed by atoms with Crippen LogP contribution < -0.4 is 10.3 Å². The standard InChI is InChI=1S/C20H13F3N2O2/c1-11-6-15(16(9-24)20(26)25-11)14-5-3-2-4-12(14)10-27-13-7-17(21)19(23)18(22)8-13/h2-8H,10H2,1H3,(H,25,26). The van der Waals surface area contributed by atoms with Crippen LogP contribution in [0.4, 0.5) is 13.2 Å². The monoisotopic (exact) mass is 370 g/mol. The number of nitrogens with zero attached hydrogens (tertiary/aromatic N) is 1. The molecule has 0 bridgehead atoms. The van der Waals surface area contributed by atoms with Crippen LogP contribution in [0.15, 0.2) is 47.3 Å². The van der Waals surface area contributed by atoms with Gasteiger partial charge in [-0.1, -0.05) is 24.3 Å². The molecule has 136 valence electrons. The third kappa shape index (κ3) is 3.70. The highest BCUT2D eigenvalue weighted by Gasteiger charge is 2.15.